The molecule has 0 aromatic heterocycles. The van der Waals surface area contributed by atoms with Crippen molar-refractivity contribution in [3.63, 3.8) is 0 Å². The Morgan fingerprint density at radius 2 is 2.24 bits per heavy atom. The monoisotopic (exact) mass is 309 g/mol. The van der Waals surface area contributed by atoms with Crippen molar-refractivity contribution in [2.45, 2.75) is 30.9 Å². The van der Waals surface area contributed by atoms with Crippen LogP contribution in [0.4, 0.5) is 0 Å². The van der Waals surface area contributed by atoms with Gasteiger partial charge < -0.3 is 15.2 Å². The minimum atomic E-state index is -1.07. The first-order valence-electron chi connectivity index (χ1n) is 7.29. The standard InChI is InChI=1S/C16H23NO3S/c1-19-15(18)16(17,13-6-3-2-4-7-13)9-11-21-12-14-8-5-10-20-14/h2-4,6-7,14H,5,8-12,17H2,1H3. The maximum Gasteiger partial charge on any atom is 0.330 e. The molecular weight excluding hydrogens is 286 g/mol. The molecule has 2 unspecified atom stereocenters. The fraction of sp³-hybridized carbons (Fsp3) is 0.562. The van der Waals surface area contributed by atoms with Gasteiger partial charge in [0.2, 0.25) is 0 Å². The summed E-state index contributed by atoms with van der Waals surface area (Å²) in [7, 11) is 1.38. The Labute approximate surface area is 130 Å². The van der Waals surface area contributed by atoms with Crippen molar-refractivity contribution in [3.05, 3.63) is 35.9 Å². The van der Waals surface area contributed by atoms with Crippen LogP contribution in [0.15, 0.2) is 30.3 Å². The van der Waals surface area contributed by atoms with E-state index in [1.165, 1.54) is 7.11 Å². The second kappa shape index (κ2) is 7.82. The first-order valence-corrected chi connectivity index (χ1v) is 8.44. The Balaban J connectivity index is 1.92. The number of nitrogens with two attached hydrogens (primary N) is 1. The van der Waals surface area contributed by atoms with E-state index < -0.39 is 5.54 Å². The van der Waals surface area contributed by atoms with E-state index in [1.807, 2.05) is 30.3 Å². The van der Waals surface area contributed by atoms with Gasteiger partial charge in [-0.05, 0) is 30.6 Å². The highest BCUT2D eigenvalue weighted by Crippen LogP contribution is 2.26. The van der Waals surface area contributed by atoms with Gasteiger partial charge >= 0.3 is 5.97 Å². The second-order valence-electron chi connectivity index (χ2n) is 5.29. The number of methoxy groups -OCH3 is 1. The third-order valence-corrected chi connectivity index (χ3v) is 4.91. The SMILES string of the molecule is COC(=O)C(N)(CCSCC1CCCO1)c1ccccc1. The maximum atomic E-state index is 12.1. The lowest BCUT2D eigenvalue weighted by molar-refractivity contribution is -0.147. The van der Waals surface area contributed by atoms with Gasteiger partial charge in [0.1, 0.15) is 5.54 Å². The molecule has 5 heteroatoms. The summed E-state index contributed by atoms with van der Waals surface area (Å²) in [6, 6.07) is 9.44. The number of carbonyl (C=O) groups is 1. The molecule has 1 aromatic rings. The highest BCUT2D eigenvalue weighted by Gasteiger charge is 2.36. The van der Waals surface area contributed by atoms with Crippen LogP contribution in [0.3, 0.4) is 0 Å². The highest BCUT2D eigenvalue weighted by atomic mass is 32.2. The largest absolute Gasteiger partial charge is 0.467 e. The molecule has 1 fully saturated rings. The highest BCUT2D eigenvalue weighted by molar-refractivity contribution is 7.99. The van der Waals surface area contributed by atoms with Crippen LogP contribution in [0.25, 0.3) is 0 Å². The predicted octanol–water partition coefficient (Wildman–Crippen LogP) is 2.32. The van der Waals surface area contributed by atoms with E-state index in [9.17, 15) is 4.79 Å². The summed E-state index contributed by atoms with van der Waals surface area (Å²) < 4.78 is 10.5. The minimum absolute atomic E-state index is 0.358. The number of benzene rings is 1. The van der Waals surface area contributed by atoms with E-state index in [0.717, 1.165) is 36.5 Å². The van der Waals surface area contributed by atoms with Gasteiger partial charge in [0, 0.05) is 12.4 Å². The number of hydrogen-bond acceptors (Lipinski definition) is 5. The van der Waals surface area contributed by atoms with E-state index >= 15 is 0 Å². The summed E-state index contributed by atoms with van der Waals surface area (Å²) in [4.78, 5) is 12.1. The lowest BCUT2D eigenvalue weighted by atomic mass is 9.88. The zero-order valence-corrected chi connectivity index (χ0v) is 13.2. The molecule has 0 aliphatic carbocycles. The van der Waals surface area contributed by atoms with Crippen molar-refractivity contribution >= 4 is 17.7 Å². The van der Waals surface area contributed by atoms with Gasteiger partial charge in [0.25, 0.3) is 0 Å². The van der Waals surface area contributed by atoms with E-state index in [0.29, 0.717) is 12.5 Å². The van der Waals surface area contributed by atoms with Gasteiger partial charge in [0.05, 0.1) is 13.2 Å². The van der Waals surface area contributed by atoms with Crippen molar-refractivity contribution < 1.29 is 14.3 Å². The Kier molecular flexibility index (Phi) is 6.08. The fourth-order valence-electron chi connectivity index (χ4n) is 2.51. The molecule has 1 aliphatic heterocycles. The summed E-state index contributed by atoms with van der Waals surface area (Å²) in [5.74, 6) is 1.39. The molecule has 1 aliphatic rings. The molecule has 0 amide bonds. The lowest BCUT2D eigenvalue weighted by Crippen LogP contribution is -2.46. The number of carbonyl (C=O) groups excluding carboxylic acids is 1. The van der Waals surface area contributed by atoms with Crippen molar-refractivity contribution in [3.8, 4) is 0 Å². The fourth-order valence-corrected chi connectivity index (χ4v) is 3.66. The third kappa shape index (κ3) is 4.22. The molecule has 21 heavy (non-hydrogen) atoms. The predicted molar refractivity (Wildman–Crippen MR) is 85.2 cm³/mol. The Bertz CT molecular complexity index is 448. The summed E-state index contributed by atoms with van der Waals surface area (Å²) >= 11 is 1.79. The van der Waals surface area contributed by atoms with Crippen LogP contribution in [0, 0.1) is 0 Å². The Hall–Kier alpha value is -1.04. The molecule has 116 valence electrons. The molecule has 1 aromatic carbocycles. The Morgan fingerprint density at radius 3 is 2.86 bits per heavy atom. The van der Waals surface area contributed by atoms with Crippen LogP contribution >= 0.6 is 11.8 Å². The van der Waals surface area contributed by atoms with Gasteiger partial charge in [0.15, 0.2) is 0 Å². The van der Waals surface area contributed by atoms with Gasteiger partial charge in [-0.3, -0.25) is 0 Å². The van der Waals surface area contributed by atoms with Crippen LogP contribution in [0.5, 0.6) is 0 Å². The lowest BCUT2D eigenvalue weighted by Gasteiger charge is -2.27. The average molecular weight is 309 g/mol. The van der Waals surface area contributed by atoms with Crippen molar-refractivity contribution in [2.75, 3.05) is 25.2 Å². The maximum absolute atomic E-state index is 12.1. The summed E-state index contributed by atoms with van der Waals surface area (Å²) in [5.41, 5.74) is 6.08. The third-order valence-electron chi connectivity index (χ3n) is 3.81. The van der Waals surface area contributed by atoms with Crippen LogP contribution in [0.1, 0.15) is 24.8 Å². The molecule has 2 atom stereocenters. The number of thioether (sulfide) groups is 1. The normalized spacial score (nSPS) is 21.0. The van der Waals surface area contributed by atoms with Crippen molar-refractivity contribution in [1.29, 1.82) is 0 Å². The topological polar surface area (TPSA) is 61.5 Å². The first-order chi connectivity index (χ1) is 10.2. The van der Waals surface area contributed by atoms with E-state index in [-0.39, 0.29) is 5.97 Å². The van der Waals surface area contributed by atoms with Gasteiger partial charge in [-0.15, -0.1) is 0 Å². The zero-order chi connectivity index (χ0) is 15.1. The number of esters is 1. The van der Waals surface area contributed by atoms with Gasteiger partial charge in [-0.25, -0.2) is 4.79 Å². The summed E-state index contributed by atoms with van der Waals surface area (Å²) in [5, 5.41) is 0. The molecule has 2 rings (SSSR count). The molecular formula is C16H23NO3S. The molecule has 0 bridgehead atoms. The van der Waals surface area contributed by atoms with Crippen LogP contribution < -0.4 is 5.73 Å². The molecule has 0 spiro atoms. The van der Waals surface area contributed by atoms with Crippen LogP contribution in [-0.2, 0) is 19.8 Å². The molecule has 0 saturated carbocycles. The smallest absolute Gasteiger partial charge is 0.330 e. The van der Waals surface area contributed by atoms with E-state index in [2.05, 4.69) is 0 Å². The summed E-state index contributed by atoms with van der Waals surface area (Å²) in [6.07, 6.45) is 3.20. The quantitative estimate of drug-likeness (QED) is 0.618. The molecule has 4 nitrogen and oxygen atoms in total. The van der Waals surface area contributed by atoms with E-state index in [1.54, 1.807) is 11.8 Å². The minimum Gasteiger partial charge on any atom is -0.467 e. The molecule has 1 heterocycles. The van der Waals surface area contributed by atoms with Crippen molar-refractivity contribution in [1.82, 2.24) is 0 Å². The van der Waals surface area contributed by atoms with Crippen LogP contribution in [-0.4, -0.2) is 37.3 Å². The number of ether oxygens (including phenoxy) is 2. The number of rotatable bonds is 7. The van der Waals surface area contributed by atoms with E-state index in [4.69, 9.17) is 15.2 Å². The van der Waals surface area contributed by atoms with Crippen molar-refractivity contribution in [2.24, 2.45) is 5.73 Å². The molecule has 2 N–H and O–H groups in total. The zero-order valence-electron chi connectivity index (χ0n) is 12.4. The number of hydrogen-bond donors (Lipinski definition) is 1. The first kappa shape index (κ1) is 16.3. The van der Waals surface area contributed by atoms with Gasteiger partial charge in [-0.2, -0.15) is 11.8 Å². The second-order valence-corrected chi connectivity index (χ2v) is 6.44. The Morgan fingerprint density at radius 1 is 1.48 bits per heavy atom. The molecule has 1 saturated heterocycles. The molecule has 0 radical (unpaired) electrons. The van der Waals surface area contributed by atoms with Gasteiger partial charge in [-0.1, -0.05) is 30.3 Å². The summed E-state index contributed by atoms with van der Waals surface area (Å²) in [6.45, 7) is 0.873. The average Bonchev–Trinajstić information content (AvgIpc) is 3.04. The van der Waals surface area contributed by atoms with Crippen LogP contribution in [0.2, 0.25) is 0 Å².